The monoisotopic (exact) mass is 295 g/mol. The number of rotatable bonds is 4. The molecule has 0 radical (unpaired) electrons. The van der Waals surface area contributed by atoms with E-state index in [0.717, 1.165) is 10.6 Å². The van der Waals surface area contributed by atoms with Crippen LogP contribution in [0.1, 0.15) is 30.1 Å². The zero-order valence-electron chi connectivity index (χ0n) is 10.7. The van der Waals surface area contributed by atoms with Crippen LogP contribution in [0.5, 0.6) is 0 Å². The highest BCUT2D eigenvalue weighted by molar-refractivity contribution is 7.09. The number of benzene rings is 1. The highest BCUT2D eigenvalue weighted by atomic mass is 35.5. The lowest BCUT2D eigenvalue weighted by Gasteiger charge is -2.22. The first-order chi connectivity index (χ1) is 8.89. The molecule has 0 unspecified atom stereocenters. The van der Waals surface area contributed by atoms with E-state index in [4.69, 9.17) is 16.7 Å². The van der Waals surface area contributed by atoms with Crippen molar-refractivity contribution in [3.05, 3.63) is 50.9 Å². The van der Waals surface area contributed by atoms with Crippen molar-refractivity contribution in [2.24, 2.45) is 0 Å². The first-order valence-corrected chi connectivity index (χ1v) is 7.08. The normalized spacial score (nSPS) is 11.5. The summed E-state index contributed by atoms with van der Waals surface area (Å²) in [5, 5.41) is 12.2. The summed E-state index contributed by atoms with van der Waals surface area (Å²) in [4.78, 5) is 15.1. The van der Waals surface area contributed by atoms with Crippen molar-refractivity contribution < 1.29 is 9.90 Å². The van der Waals surface area contributed by atoms with Crippen molar-refractivity contribution in [3.63, 3.8) is 0 Å². The summed E-state index contributed by atoms with van der Waals surface area (Å²) in [6.07, 6.45) is -0.0396. The molecule has 2 aromatic rings. The largest absolute Gasteiger partial charge is 0.481 e. The number of hydrogen-bond donors (Lipinski definition) is 1. The Morgan fingerprint density at radius 1 is 1.47 bits per heavy atom. The standard InChI is InChI=1S/C14H14ClNO2S/c1-14(2,9-4-3-5-10(15)6-9)13-16-11(8-19-13)7-12(17)18/h3-6,8H,7H2,1-2H3,(H,17,18). The van der Waals surface area contributed by atoms with Gasteiger partial charge in [-0.05, 0) is 31.5 Å². The average Bonchev–Trinajstić information content (AvgIpc) is 2.77. The number of halogens is 1. The van der Waals surface area contributed by atoms with Crippen LogP contribution < -0.4 is 0 Å². The van der Waals surface area contributed by atoms with Gasteiger partial charge >= 0.3 is 5.97 Å². The van der Waals surface area contributed by atoms with Crippen LogP contribution in [-0.4, -0.2) is 16.1 Å². The van der Waals surface area contributed by atoms with Gasteiger partial charge in [-0.25, -0.2) is 4.98 Å². The van der Waals surface area contributed by atoms with Gasteiger partial charge in [-0.3, -0.25) is 4.79 Å². The molecule has 2 rings (SSSR count). The van der Waals surface area contributed by atoms with Crippen LogP contribution in [0.4, 0.5) is 0 Å². The van der Waals surface area contributed by atoms with Crippen LogP contribution in [0.2, 0.25) is 5.02 Å². The third-order valence-corrected chi connectivity index (χ3v) is 4.41. The Kier molecular flexibility index (Phi) is 3.92. The molecule has 1 aromatic carbocycles. The van der Waals surface area contributed by atoms with Crippen LogP contribution in [0, 0.1) is 0 Å². The molecule has 19 heavy (non-hydrogen) atoms. The minimum Gasteiger partial charge on any atom is -0.481 e. The molecule has 5 heteroatoms. The van der Waals surface area contributed by atoms with Gasteiger partial charge < -0.3 is 5.11 Å². The van der Waals surface area contributed by atoms with E-state index in [0.29, 0.717) is 10.7 Å². The first kappa shape index (κ1) is 14.0. The Morgan fingerprint density at radius 3 is 2.84 bits per heavy atom. The lowest BCUT2D eigenvalue weighted by molar-refractivity contribution is -0.136. The molecule has 0 aliphatic carbocycles. The smallest absolute Gasteiger partial charge is 0.309 e. The molecule has 0 saturated heterocycles. The molecule has 0 amide bonds. The molecule has 1 aromatic heterocycles. The molecule has 0 saturated carbocycles. The fourth-order valence-corrected chi connectivity index (χ4v) is 2.99. The molecule has 0 spiro atoms. The predicted octanol–water partition coefficient (Wildman–Crippen LogP) is 3.75. The number of carboxylic acids is 1. The van der Waals surface area contributed by atoms with Gasteiger partial charge in [0, 0.05) is 15.8 Å². The van der Waals surface area contributed by atoms with Gasteiger partial charge in [0.2, 0.25) is 0 Å². The van der Waals surface area contributed by atoms with Gasteiger partial charge in [0.1, 0.15) is 5.01 Å². The van der Waals surface area contributed by atoms with Crippen LogP contribution in [0.3, 0.4) is 0 Å². The van der Waals surface area contributed by atoms with Crippen molar-refractivity contribution in [3.8, 4) is 0 Å². The Balaban J connectivity index is 2.33. The van der Waals surface area contributed by atoms with E-state index in [1.807, 2.05) is 24.3 Å². The Bertz CT molecular complexity index is 607. The number of aliphatic carboxylic acids is 1. The summed E-state index contributed by atoms with van der Waals surface area (Å²) in [6, 6.07) is 7.66. The molecule has 3 nitrogen and oxygen atoms in total. The minimum absolute atomic E-state index is 0.0396. The SMILES string of the molecule is CC(C)(c1cccc(Cl)c1)c1nc(CC(=O)O)cs1. The van der Waals surface area contributed by atoms with Gasteiger partial charge in [0.15, 0.2) is 0 Å². The predicted molar refractivity (Wildman–Crippen MR) is 77.0 cm³/mol. The number of carboxylic acid groups (broad SMARTS) is 1. The van der Waals surface area contributed by atoms with Crippen molar-refractivity contribution in [2.45, 2.75) is 25.7 Å². The minimum atomic E-state index is -0.864. The van der Waals surface area contributed by atoms with E-state index in [-0.39, 0.29) is 11.8 Å². The average molecular weight is 296 g/mol. The van der Waals surface area contributed by atoms with E-state index in [9.17, 15) is 4.79 Å². The fraction of sp³-hybridized carbons (Fsp3) is 0.286. The summed E-state index contributed by atoms with van der Waals surface area (Å²) < 4.78 is 0. The summed E-state index contributed by atoms with van der Waals surface area (Å²) in [5.74, 6) is -0.864. The molecule has 0 aliphatic heterocycles. The topological polar surface area (TPSA) is 50.2 Å². The maximum Gasteiger partial charge on any atom is 0.309 e. The van der Waals surface area contributed by atoms with Crippen LogP contribution in [0.15, 0.2) is 29.6 Å². The number of carbonyl (C=O) groups is 1. The van der Waals surface area contributed by atoms with Crippen molar-refractivity contribution in [2.75, 3.05) is 0 Å². The quantitative estimate of drug-likeness (QED) is 0.934. The number of aromatic nitrogens is 1. The summed E-state index contributed by atoms with van der Waals surface area (Å²) in [5.41, 5.74) is 1.38. The molecule has 1 heterocycles. The van der Waals surface area contributed by atoms with Gasteiger partial charge in [-0.15, -0.1) is 11.3 Å². The van der Waals surface area contributed by atoms with E-state index in [2.05, 4.69) is 18.8 Å². The van der Waals surface area contributed by atoms with E-state index in [1.54, 1.807) is 5.38 Å². The van der Waals surface area contributed by atoms with Crippen LogP contribution in [-0.2, 0) is 16.6 Å². The number of nitrogens with zero attached hydrogens (tertiary/aromatic N) is 1. The molecule has 0 aliphatic rings. The zero-order valence-corrected chi connectivity index (χ0v) is 12.3. The second kappa shape index (κ2) is 5.31. The third-order valence-electron chi connectivity index (χ3n) is 2.97. The lowest BCUT2D eigenvalue weighted by Crippen LogP contribution is -2.18. The summed E-state index contributed by atoms with van der Waals surface area (Å²) in [6.45, 7) is 4.12. The van der Waals surface area contributed by atoms with Crippen molar-refractivity contribution in [1.82, 2.24) is 4.98 Å². The molecular weight excluding hydrogens is 282 g/mol. The van der Waals surface area contributed by atoms with Gasteiger partial charge in [-0.2, -0.15) is 0 Å². The Hall–Kier alpha value is -1.39. The zero-order chi connectivity index (χ0) is 14.0. The Labute approximate surface area is 120 Å². The van der Waals surface area contributed by atoms with Crippen molar-refractivity contribution >= 4 is 28.9 Å². The lowest BCUT2D eigenvalue weighted by atomic mass is 9.85. The first-order valence-electron chi connectivity index (χ1n) is 5.82. The number of thiazole rings is 1. The number of hydrogen-bond acceptors (Lipinski definition) is 3. The van der Waals surface area contributed by atoms with Gasteiger partial charge in [-0.1, -0.05) is 23.7 Å². The van der Waals surface area contributed by atoms with E-state index in [1.165, 1.54) is 11.3 Å². The van der Waals surface area contributed by atoms with Crippen molar-refractivity contribution in [1.29, 1.82) is 0 Å². The van der Waals surface area contributed by atoms with Gasteiger partial charge in [0.05, 0.1) is 12.1 Å². The maximum absolute atomic E-state index is 10.7. The second-order valence-corrected chi connectivity index (χ2v) is 6.14. The molecule has 0 fully saturated rings. The maximum atomic E-state index is 10.7. The molecular formula is C14H14ClNO2S. The highest BCUT2D eigenvalue weighted by Crippen LogP contribution is 2.34. The van der Waals surface area contributed by atoms with Crippen LogP contribution in [0.25, 0.3) is 0 Å². The Morgan fingerprint density at radius 2 is 2.21 bits per heavy atom. The third kappa shape index (κ3) is 3.14. The fourth-order valence-electron chi connectivity index (χ4n) is 1.83. The molecule has 100 valence electrons. The highest BCUT2D eigenvalue weighted by Gasteiger charge is 2.27. The van der Waals surface area contributed by atoms with E-state index < -0.39 is 5.97 Å². The molecule has 0 atom stereocenters. The summed E-state index contributed by atoms with van der Waals surface area (Å²) in [7, 11) is 0. The van der Waals surface area contributed by atoms with Crippen LogP contribution >= 0.6 is 22.9 Å². The molecule has 1 N–H and O–H groups in total. The van der Waals surface area contributed by atoms with Gasteiger partial charge in [0.25, 0.3) is 0 Å². The molecule has 0 bridgehead atoms. The second-order valence-electron chi connectivity index (χ2n) is 4.85. The van der Waals surface area contributed by atoms with E-state index >= 15 is 0 Å². The summed E-state index contributed by atoms with van der Waals surface area (Å²) >= 11 is 7.50.